The van der Waals surface area contributed by atoms with Gasteiger partial charge in [0, 0.05) is 12.2 Å². The second-order valence-corrected chi connectivity index (χ2v) is 6.96. The number of hydrogen-bond acceptors (Lipinski definition) is 3. The molecule has 1 aromatic heterocycles. The van der Waals surface area contributed by atoms with Crippen molar-refractivity contribution in [2.45, 2.75) is 60.1 Å². The smallest absolute Gasteiger partial charge is 0.138 e. The summed E-state index contributed by atoms with van der Waals surface area (Å²) in [4.78, 5) is 4.31. The molecule has 0 spiro atoms. The Kier molecular flexibility index (Phi) is 6.00. The molecule has 1 N–H and O–H groups in total. The van der Waals surface area contributed by atoms with Crippen LogP contribution in [0.15, 0.2) is 18.5 Å². The molecule has 0 amide bonds. The fourth-order valence-corrected chi connectivity index (χ4v) is 2.09. The van der Waals surface area contributed by atoms with Crippen molar-refractivity contribution < 1.29 is 4.74 Å². The zero-order valence-corrected chi connectivity index (χ0v) is 14.0. The minimum absolute atomic E-state index is 0.175. The Labute approximate surface area is 124 Å². The van der Waals surface area contributed by atoms with Crippen LogP contribution in [0.1, 0.15) is 59.6 Å². The summed E-state index contributed by atoms with van der Waals surface area (Å²) in [6.07, 6.45) is 4.98. The molecular weight excluding hydrogens is 248 g/mol. The van der Waals surface area contributed by atoms with Crippen LogP contribution in [0.3, 0.4) is 0 Å². The van der Waals surface area contributed by atoms with Crippen LogP contribution in [0.25, 0.3) is 0 Å². The topological polar surface area (TPSA) is 34.2 Å². The van der Waals surface area contributed by atoms with Crippen molar-refractivity contribution >= 4 is 0 Å². The number of pyridine rings is 1. The quantitative estimate of drug-likeness (QED) is 0.846. The summed E-state index contributed by atoms with van der Waals surface area (Å²) in [6.45, 7) is 13.3. The molecule has 0 aromatic carbocycles. The lowest BCUT2D eigenvalue weighted by Crippen LogP contribution is -2.25. The van der Waals surface area contributed by atoms with Gasteiger partial charge in [0.1, 0.15) is 5.75 Å². The van der Waals surface area contributed by atoms with Crippen molar-refractivity contribution in [2.24, 2.45) is 11.3 Å². The first kappa shape index (κ1) is 17.0. The lowest BCUT2D eigenvalue weighted by molar-refractivity contribution is 0.224. The predicted molar refractivity (Wildman–Crippen MR) is 85.0 cm³/mol. The van der Waals surface area contributed by atoms with Gasteiger partial charge in [0.2, 0.25) is 0 Å². The molecule has 0 aliphatic carbocycles. The highest BCUT2D eigenvalue weighted by Crippen LogP contribution is 2.33. The Bertz CT molecular complexity index is 410. The van der Waals surface area contributed by atoms with Crippen molar-refractivity contribution in [1.82, 2.24) is 10.3 Å². The molecule has 1 aromatic rings. The number of aromatic nitrogens is 1. The molecular formula is C17H30N2O. The first-order chi connectivity index (χ1) is 9.24. The molecule has 114 valence electrons. The number of nitrogens with zero attached hydrogens (tertiary/aromatic N) is 1. The molecule has 0 bridgehead atoms. The van der Waals surface area contributed by atoms with Gasteiger partial charge in [0.25, 0.3) is 0 Å². The van der Waals surface area contributed by atoms with Gasteiger partial charge >= 0.3 is 0 Å². The summed E-state index contributed by atoms with van der Waals surface area (Å²) < 4.78 is 5.73. The normalized spacial score (nSPS) is 15.2. The van der Waals surface area contributed by atoms with Crippen LogP contribution < -0.4 is 10.1 Å². The number of nitrogens with one attached hydrogen (secondary N) is 1. The Morgan fingerprint density at radius 1 is 1.20 bits per heavy atom. The van der Waals surface area contributed by atoms with Gasteiger partial charge in [-0.3, -0.25) is 4.98 Å². The van der Waals surface area contributed by atoms with Crippen LogP contribution in [-0.4, -0.2) is 18.1 Å². The molecule has 0 saturated heterocycles. The Morgan fingerprint density at radius 2 is 1.85 bits per heavy atom. The van der Waals surface area contributed by atoms with E-state index in [9.17, 15) is 0 Å². The van der Waals surface area contributed by atoms with Crippen molar-refractivity contribution in [3.8, 4) is 5.75 Å². The Balaban J connectivity index is 2.84. The van der Waals surface area contributed by atoms with E-state index in [4.69, 9.17) is 4.74 Å². The Hall–Kier alpha value is -1.09. The van der Waals surface area contributed by atoms with Crippen LogP contribution in [0, 0.1) is 11.3 Å². The van der Waals surface area contributed by atoms with Gasteiger partial charge in [-0.15, -0.1) is 0 Å². The largest absolute Gasteiger partial charge is 0.489 e. The molecule has 0 aliphatic heterocycles. The molecule has 0 aliphatic rings. The third-order valence-electron chi connectivity index (χ3n) is 3.92. The molecule has 1 heterocycles. The molecule has 0 saturated carbocycles. The number of ether oxygens (including phenoxy) is 1. The van der Waals surface area contributed by atoms with E-state index in [1.54, 1.807) is 6.20 Å². The summed E-state index contributed by atoms with van der Waals surface area (Å²) in [5, 5.41) is 3.41. The first-order valence-electron chi connectivity index (χ1n) is 7.53. The van der Waals surface area contributed by atoms with Crippen LogP contribution in [0.2, 0.25) is 0 Å². The maximum Gasteiger partial charge on any atom is 0.138 e. The van der Waals surface area contributed by atoms with E-state index in [1.165, 1.54) is 5.56 Å². The summed E-state index contributed by atoms with van der Waals surface area (Å²) in [7, 11) is 2.01. The van der Waals surface area contributed by atoms with Crippen molar-refractivity contribution in [1.29, 1.82) is 0 Å². The molecule has 3 heteroatoms. The van der Waals surface area contributed by atoms with Gasteiger partial charge in [0.05, 0.1) is 12.3 Å². The average Bonchev–Trinajstić information content (AvgIpc) is 2.33. The highest BCUT2D eigenvalue weighted by Gasteiger charge is 2.24. The van der Waals surface area contributed by atoms with Gasteiger partial charge in [-0.1, -0.05) is 27.7 Å². The second kappa shape index (κ2) is 7.07. The molecule has 3 nitrogen and oxygen atoms in total. The molecule has 2 atom stereocenters. The fraction of sp³-hybridized carbons (Fsp3) is 0.706. The Morgan fingerprint density at radius 3 is 2.35 bits per heavy atom. The summed E-state index contributed by atoms with van der Waals surface area (Å²) in [5.41, 5.74) is 1.51. The minimum Gasteiger partial charge on any atom is -0.489 e. The van der Waals surface area contributed by atoms with E-state index < -0.39 is 0 Å². The maximum atomic E-state index is 5.73. The minimum atomic E-state index is 0.175. The van der Waals surface area contributed by atoms with E-state index in [0.717, 1.165) is 12.2 Å². The highest BCUT2D eigenvalue weighted by molar-refractivity contribution is 5.26. The predicted octanol–water partition coefficient (Wildman–Crippen LogP) is 4.20. The maximum absolute atomic E-state index is 5.73. The molecule has 0 radical (unpaired) electrons. The van der Waals surface area contributed by atoms with Gasteiger partial charge in [-0.25, -0.2) is 0 Å². The van der Waals surface area contributed by atoms with Gasteiger partial charge in [-0.2, -0.15) is 0 Å². The van der Waals surface area contributed by atoms with Gasteiger partial charge in [-0.05, 0) is 50.3 Å². The van der Waals surface area contributed by atoms with E-state index in [2.05, 4.69) is 44.1 Å². The average molecular weight is 278 g/mol. The molecule has 1 rings (SSSR count). The van der Waals surface area contributed by atoms with Gasteiger partial charge < -0.3 is 10.1 Å². The van der Waals surface area contributed by atoms with E-state index in [-0.39, 0.29) is 6.10 Å². The second-order valence-electron chi connectivity index (χ2n) is 6.96. The zero-order valence-electron chi connectivity index (χ0n) is 14.0. The summed E-state index contributed by atoms with van der Waals surface area (Å²) in [6, 6.07) is 2.41. The number of hydrogen-bond donors (Lipinski definition) is 1. The van der Waals surface area contributed by atoms with E-state index >= 15 is 0 Å². The lowest BCUT2D eigenvalue weighted by Gasteiger charge is -2.31. The monoisotopic (exact) mass is 278 g/mol. The van der Waals surface area contributed by atoms with E-state index in [1.807, 2.05) is 27.1 Å². The van der Waals surface area contributed by atoms with Crippen molar-refractivity contribution in [3.63, 3.8) is 0 Å². The van der Waals surface area contributed by atoms with Crippen LogP contribution in [0.4, 0.5) is 0 Å². The third-order valence-corrected chi connectivity index (χ3v) is 3.92. The molecule has 0 fully saturated rings. The van der Waals surface area contributed by atoms with Crippen molar-refractivity contribution in [2.75, 3.05) is 7.05 Å². The van der Waals surface area contributed by atoms with Crippen molar-refractivity contribution in [3.05, 3.63) is 24.0 Å². The van der Waals surface area contributed by atoms with E-state index in [0.29, 0.717) is 17.4 Å². The van der Waals surface area contributed by atoms with Crippen LogP contribution in [0.5, 0.6) is 5.75 Å². The molecule has 20 heavy (non-hydrogen) atoms. The fourth-order valence-electron chi connectivity index (χ4n) is 2.09. The highest BCUT2D eigenvalue weighted by atomic mass is 16.5. The zero-order chi connectivity index (χ0) is 15.3. The van der Waals surface area contributed by atoms with Gasteiger partial charge in [0.15, 0.2) is 0 Å². The summed E-state index contributed by atoms with van der Waals surface area (Å²) in [5.74, 6) is 1.47. The first-order valence-corrected chi connectivity index (χ1v) is 7.53. The van der Waals surface area contributed by atoms with Crippen LogP contribution in [-0.2, 0) is 0 Å². The summed E-state index contributed by atoms with van der Waals surface area (Å²) >= 11 is 0. The lowest BCUT2D eigenvalue weighted by atomic mass is 9.78. The van der Waals surface area contributed by atoms with Crippen LogP contribution >= 0.6 is 0 Å². The standard InChI is InChI=1S/C17H30N2O/c1-12(2)20-15-9-14(10-19-11-15)16(18-7)8-13(3)17(4,5)6/h9-13,16,18H,8H2,1-7H3. The third kappa shape index (κ3) is 5.12. The number of rotatable bonds is 6. The SMILES string of the molecule is CNC(CC(C)C(C)(C)C)c1cncc(OC(C)C)c1. The molecule has 2 unspecified atom stereocenters.